The van der Waals surface area contributed by atoms with Gasteiger partial charge in [0.15, 0.2) is 0 Å². The maximum atomic E-state index is 4.89. The number of aryl methyl sites for hydroxylation is 2. The fourth-order valence-electron chi connectivity index (χ4n) is 5.88. The molecular weight excluding hydrogens is 440 g/mol. The summed E-state index contributed by atoms with van der Waals surface area (Å²) >= 11 is 0. The van der Waals surface area contributed by atoms with Crippen molar-refractivity contribution in [3.8, 4) is 0 Å². The first-order valence-corrected chi connectivity index (χ1v) is 13.5. The van der Waals surface area contributed by atoms with E-state index in [1.807, 2.05) is 0 Å². The largest absolute Gasteiger partial charge is 0.353 e. The predicted octanol–water partition coefficient (Wildman–Crippen LogP) is 8.11. The quantitative estimate of drug-likeness (QED) is 0.260. The normalized spacial score (nSPS) is 18.8. The first-order valence-electron chi connectivity index (χ1n) is 13.5. The molecule has 0 spiro atoms. The Morgan fingerprint density at radius 1 is 0.583 bits per heavy atom. The minimum atomic E-state index is 0.141. The predicted molar refractivity (Wildman–Crippen MR) is 153 cm³/mol. The number of hydrogen-bond donors (Lipinski definition) is 2. The van der Waals surface area contributed by atoms with Crippen molar-refractivity contribution in [2.75, 3.05) is 0 Å². The molecule has 2 N–H and O–H groups in total. The molecular formula is C32H38N4. The SMILES string of the molecule is CC(C)(C)c1ccc2[nH]c3c(c2c1)CCCC3=NN=C1CCCc2c1[nH]c1ccc(C(C)(C)C)cc21. The van der Waals surface area contributed by atoms with Crippen LogP contribution in [0, 0.1) is 0 Å². The minimum Gasteiger partial charge on any atom is -0.353 e. The molecule has 0 fully saturated rings. The fraction of sp³-hybridized carbons (Fsp3) is 0.438. The van der Waals surface area contributed by atoms with Crippen LogP contribution < -0.4 is 0 Å². The zero-order valence-corrected chi connectivity index (χ0v) is 22.6. The second kappa shape index (κ2) is 8.19. The van der Waals surface area contributed by atoms with Crippen LogP contribution in [0.25, 0.3) is 21.8 Å². The summed E-state index contributed by atoms with van der Waals surface area (Å²) in [4.78, 5) is 7.37. The van der Waals surface area contributed by atoms with Crippen molar-refractivity contribution < 1.29 is 0 Å². The van der Waals surface area contributed by atoms with Crippen molar-refractivity contribution in [3.63, 3.8) is 0 Å². The zero-order valence-electron chi connectivity index (χ0n) is 22.6. The summed E-state index contributed by atoms with van der Waals surface area (Å²) in [6, 6.07) is 13.7. The van der Waals surface area contributed by atoms with Gasteiger partial charge in [-0.05, 0) is 95.9 Å². The van der Waals surface area contributed by atoms with Crippen LogP contribution in [-0.2, 0) is 23.7 Å². The number of nitrogens with one attached hydrogen (secondary N) is 2. The number of fused-ring (bicyclic) bond motifs is 6. The van der Waals surface area contributed by atoms with Gasteiger partial charge in [0.2, 0.25) is 0 Å². The van der Waals surface area contributed by atoms with Gasteiger partial charge < -0.3 is 9.97 Å². The molecule has 0 saturated carbocycles. The topological polar surface area (TPSA) is 56.3 Å². The van der Waals surface area contributed by atoms with Gasteiger partial charge in [0, 0.05) is 21.8 Å². The van der Waals surface area contributed by atoms with E-state index in [0.717, 1.165) is 49.9 Å². The lowest BCUT2D eigenvalue weighted by molar-refractivity contribution is 0.591. The van der Waals surface area contributed by atoms with Crippen molar-refractivity contribution >= 4 is 33.2 Å². The zero-order chi connectivity index (χ0) is 25.2. The van der Waals surface area contributed by atoms with Crippen LogP contribution in [0.1, 0.15) is 101 Å². The Kier molecular flexibility index (Phi) is 5.30. The van der Waals surface area contributed by atoms with Gasteiger partial charge >= 0.3 is 0 Å². The van der Waals surface area contributed by atoms with Crippen molar-refractivity contribution in [1.82, 2.24) is 9.97 Å². The van der Waals surface area contributed by atoms with E-state index in [-0.39, 0.29) is 10.8 Å². The summed E-state index contributed by atoms with van der Waals surface area (Å²) in [5, 5.41) is 12.5. The summed E-state index contributed by atoms with van der Waals surface area (Å²) in [5.74, 6) is 0. The highest BCUT2D eigenvalue weighted by atomic mass is 15.2. The Morgan fingerprint density at radius 2 is 1.00 bits per heavy atom. The molecule has 4 aromatic rings. The smallest absolute Gasteiger partial charge is 0.0868 e. The molecule has 2 aliphatic rings. The number of aromatic amines is 2. The van der Waals surface area contributed by atoms with E-state index in [4.69, 9.17) is 10.2 Å². The Bertz CT molecular complexity index is 1430. The van der Waals surface area contributed by atoms with Crippen LogP contribution in [-0.4, -0.2) is 21.4 Å². The molecule has 2 aromatic carbocycles. The van der Waals surface area contributed by atoms with Crippen LogP contribution in [0.4, 0.5) is 0 Å². The highest BCUT2D eigenvalue weighted by molar-refractivity contribution is 6.09. The van der Waals surface area contributed by atoms with Gasteiger partial charge in [0.05, 0.1) is 22.8 Å². The molecule has 0 aliphatic heterocycles. The van der Waals surface area contributed by atoms with Crippen LogP contribution in [0.3, 0.4) is 0 Å². The molecule has 0 atom stereocenters. The lowest BCUT2D eigenvalue weighted by Gasteiger charge is -2.19. The van der Waals surface area contributed by atoms with E-state index < -0.39 is 0 Å². The van der Waals surface area contributed by atoms with Crippen molar-refractivity contribution in [2.45, 2.75) is 90.9 Å². The third-order valence-electron chi connectivity index (χ3n) is 8.09. The second-order valence-corrected chi connectivity index (χ2v) is 12.8. The number of hydrogen-bond acceptors (Lipinski definition) is 2. The summed E-state index contributed by atoms with van der Waals surface area (Å²) < 4.78 is 0. The number of H-pyrrole nitrogens is 2. The lowest BCUT2D eigenvalue weighted by atomic mass is 9.85. The molecule has 0 radical (unpaired) electrons. The second-order valence-electron chi connectivity index (χ2n) is 12.8. The minimum absolute atomic E-state index is 0.141. The lowest BCUT2D eigenvalue weighted by Crippen LogP contribution is -2.14. The van der Waals surface area contributed by atoms with E-state index in [1.54, 1.807) is 0 Å². The average Bonchev–Trinajstić information content (AvgIpc) is 3.39. The first kappa shape index (κ1) is 23.3. The highest BCUT2D eigenvalue weighted by Gasteiger charge is 2.25. The van der Waals surface area contributed by atoms with Crippen LogP contribution in [0.2, 0.25) is 0 Å². The summed E-state index contributed by atoms with van der Waals surface area (Å²) in [6.45, 7) is 13.7. The number of benzene rings is 2. The molecule has 2 heterocycles. The molecule has 0 saturated heterocycles. The Balaban J connectivity index is 1.40. The van der Waals surface area contributed by atoms with Crippen LogP contribution in [0.5, 0.6) is 0 Å². The van der Waals surface area contributed by atoms with Crippen molar-refractivity contribution in [2.24, 2.45) is 10.2 Å². The van der Waals surface area contributed by atoms with Gasteiger partial charge in [-0.1, -0.05) is 53.7 Å². The fourth-order valence-corrected chi connectivity index (χ4v) is 5.88. The molecule has 36 heavy (non-hydrogen) atoms. The number of rotatable bonds is 1. The van der Waals surface area contributed by atoms with Crippen molar-refractivity contribution in [3.05, 3.63) is 70.0 Å². The molecule has 4 nitrogen and oxygen atoms in total. The highest BCUT2D eigenvalue weighted by Crippen LogP contribution is 2.35. The molecule has 4 heteroatoms. The molecule has 0 amide bonds. The van der Waals surface area contributed by atoms with E-state index in [0.29, 0.717) is 0 Å². The van der Waals surface area contributed by atoms with E-state index in [2.05, 4.69) is 87.9 Å². The summed E-state index contributed by atoms with van der Waals surface area (Å²) in [5.41, 5.74) is 12.8. The maximum absolute atomic E-state index is 4.89. The van der Waals surface area contributed by atoms with Crippen LogP contribution in [0.15, 0.2) is 46.6 Å². The first-order chi connectivity index (χ1) is 17.1. The molecule has 0 unspecified atom stereocenters. The Morgan fingerprint density at radius 3 is 1.39 bits per heavy atom. The van der Waals surface area contributed by atoms with Gasteiger partial charge in [-0.25, -0.2) is 0 Å². The Labute approximate surface area is 214 Å². The van der Waals surface area contributed by atoms with Gasteiger partial charge in [-0.2, -0.15) is 10.2 Å². The molecule has 6 rings (SSSR count). The van der Waals surface area contributed by atoms with E-state index >= 15 is 0 Å². The van der Waals surface area contributed by atoms with Gasteiger partial charge in [-0.15, -0.1) is 0 Å². The van der Waals surface area contributed by atoms with E-state index in [9.17, 15) is 0 Å². The third kappa shape index (κ3) is 3.91. The number of nitrogens with zero attached hydrogens (tertiary/aromatic N) is 2. The molecule has 2 aromatic heterocycles. The van der Waals surface area contributed by atoms with E-state index in [1.165, 1.54) is 55.4 Å². The Hall–Kier alpha value is -3.14. The maximum Gasteiger partial charge on any atom is 0.0868 e. The molecule has 186 valence electrons. The van der Waals surface area contributed by atoms with Gasteiger partial charge in [0.1, 0.15) is 0 Å². The van der Waals surface area contributed by atoms with Crippen LogP contribution >= 0.6 is 0 Å². The van der Waals surface area contributed by atoms with Gasteiger partial charge in [-0.3, -0.25) is 0 Å². The average molecular weight is 479 g/mol. The van der Waals surface area contributed by atoms with Gasteiger partial charge in [0.25, 0.3) is 0 Å². The molecule has 0 bridgehead atoms. The summed E-state index contributed by atoms with van der Waals surface area (Å²) in [7, 11) is 0. The molecule has 2 aliphatic carbocycles. The summed E-state index contributed by atoms with van der Waals surface area (Å²) in [6.07, 6.45) is 6.38. The number of aromatic nitrogens is 2. The monoisotopic (exact) mass is 478 g/mol. The third-order valence-corrected chi connectivity index (χ3v) is 8.09. The van der Waals surface area contributed by atoms with Crippen molar-refractivity contribution in [1.29, 1.82) is 0 Å². The standard InChI is InChI=1S/C32H38N4/c1-31(2,3)19-13-15-25-23(17-19)21-9-7-11-27(29(21)33-25)35-36-28-12-8-10-22-24-18-20(32(4,5)6)14-16-26(24)34-30(22)28/h13-18,33-34H,7-12H2,1-6H3.